The molecule has 2 aromatic carbocycles. The van der Waals surface area contributed by atoms with Gasteiger partial charge in [0.2, 0.25) is 0 Å². The number of rotatable bonds is 7. The molecule has 0 saturated carbocycles. The van der Waals surface area contributed by atoms with Gasteiger partial charge in [0.15, 0.2) is 0 Å². The molecule has 0 spiro atoms. The second-order valence-electron chi connectivity index (χ2n) is 6.62. The third kappa shape index (κ3) is 5.47. The van der Waals surface area contributed by atoms with Gasteiger partial charge in [0, 0.05) is 42.8 Å². The monoisotopic (exact) mass is 431 g/mol. The molecule has 0 aromatic heterocycles. The minimum Gasteiger partial charge on any atom is -0.495 e. The van der Waals surface area contributed by atoms with Gasteiger partial charge in [-0.25, -0.2) is 0 Å². The molecule has 1 N–H and O–H groups in total. The van der Waals surface area contributed by atoms with Crippen LogP contribution < -0.4 is 15.0 Å². The Morgan fingerprint density at radius 2 is 1.89 bits per heavy atom. The number of nitrogens with zero attached hydrogens (tertiary/aromatic N) is 2. The third-order valence-corrected chi connectivity index (χ3v) is 5.31. The van der Waals surface area contributed by atoms with E-state index in [1.165, 1.54) is 5.69 Å². The summed E-state index contributed by atoms with van der Waals surface area (Å²) in [6.07, 6.45) is 0.953. The van der Waals surface area contributed by atoms with E-state index in [1.54, 1.807) is 7.11 Å². The molecule has 2 aromatic rings. The smallest absolute Gasteiger partial charge is 0.251 e. The van der Waals surface area contributed by atoms with Crippen LogP contribution in [0, 0.1) is 0 Å². The Morgan fingerprint density at radius 3 is 2.63 bits per heavy atom. The molecule has 0 radical (unpaired) electrons. The minimum absolute atomic E-state index is 0.0164. The van der Waals surface area contributed by atoms with Crippen LogP contribution in [0.2, 0.25) is 0 Å². The lowest BCUT2D eigenvalue weighted by Crippen LogP contribution is -2.47. The van der Waals surface area contributed by atoms with Gasteiger partial charge in [-0.1, -0.05) is 34.1 Å². The zero-order valence-corrected chi connectivity index (χ0v) is 17.2. The van der Waals surface area contributed by atoms with Gasteiger partial charge in [-0.05, 0) is 43.3 Å². The lowest BCUT2D eigenvalue weighted by molar-refractivity contribution is 0.0951. The largest absolute Gasteiger partial charge is 0.495 e. The molecular weight excluding hydrogens is 406 g/mol. The molecule has 3 rings (SSSR count). The van der Waals surface area contributed by atoms with Gasteiger partial charge in [-0.2, -0.15) is 0 Å². The Balaban J connectivity index is 1.38. The average molecular weight is 432 g/mol. The molecule has 0 atom stereocenters. The van der Waals surface area contributed by atoms with E-state index >= 15 is 0 Å². The molecular formula is C21H26BrN3O2. The molecule has 0 unspecified atom stereocenters. The molecule has 1 saturated heterocycles. The predicted molar refractivity (Wildman–Crippen MR) is 113 cm³/mol. The van der Waals surface area contributed by atoms with Crippen molar-refractivity contribution in [2.45, 2.75) is 6.42 Å². The maximum absolute atomic E-state index is 12.1. The van der Waals surface area contributed by atoms with Crippen molar-refractivity contribution in [1.29, 1.82) is 0 Å². The van der Waals surface area contributed by atoms with E-state index in [9.17, 15) is 4.79 Å². The molecule has 5 nitrogen and oxygen atoms in total. The van der Waals surface area contributed by atoms with Crippen molar-refractivity contribution < 1.29 is 9.53 Å². The number of carbonyl (C=O) groups is 1. The summed E-state index contributed by atoms with van der Waals surface area (Å²) in [5, 5.41) is 3.00. The van der Waals surface area contributed by atoms with Gasteiger partial charge in [0.1, 0.15) is 5.75 Å². The van der Waals surface area contributed by atoms with Crippen LogP contribution >= 0.6 is 15.9 Å². The van der Waals surface area contributed by atoms with E-state index in [0.29, 0.717) is 12.1 Å². The maximum atomic E-state index is 12.1. The molecule has 0 bridgehead atoms. The first-order valence-corrected chi connectivity index (χ1v) is 10.1. The Morgan fingerprint density at radius 1 is 1.11 bits per heavy atom. The van der Waals surface area contributed by atoms with Crippen LogP contribution in [-0.2, 0) is 0 Å². The van der Waals surface area contributed by atoms with Gasteiger partial charge in [-0.15, -0.1) is 0 Å². The van der Waals surface area contributed by atoms with Crippen molar-refractivity contribution in [3.63, 3.8) is 0 Å². The molecule has 1 fully saturated rings. The van der Waals surface area contributed by atoms with Crippen molar-refractivity contribution >= 4 is 27.5 Å². The Labute approximate surface area is 169 Å². The zero-order chi connectivity index (χ0) is 19.1. The molecule has 1 amide bonds. The Bertz CT molecular complexity index is 761. The van der Waals surface area contributed by atoms with Crippen LogP contribution in [-0.4, -0.2) is 57.2 Å². The first kappa shape index (κ1) is 19.7. The quantitative estimate of drug-likeness (QED) is 0.682. The summed E-state index contributed by atoms with van der Waals surface area (Å²) in [5.41, 5.74) is 1.86. The second-order valence-corrected chi connectivity index (χ2v) is 7.54. The number of halogens is 1. The molecule has 27 heavy (non-hydrogen) atoms. The van der Waals surface area contributed by atoms with E-state index in [1.807, 2.05) is 36.4 Å². The Hall–Kier alpha value is -2.05. The highest BCUT2D eigenvalue weighted by molar-refractivity contribution is 9.10. The van der Waals surface area contributed by atoms with Crippen LogP contribution in [0.25, 0.3) is 0 Å². The van der Waals surface area contributed by atoms with E-state index in [2.05, 4.69) is 43.2 Å². The number of carbonyl (C=O) groups excluding carboxylic acids is 1. The van der Waals surface area contributed by atoms with Crippen LogP contribution in [0.3, 0.4) is 0 Å². The standard InChI is InChI=1S/C21H26BrN3O2/c1-27-20-9-3-2-8-19(20)25-14-12-24(13-15-25)11-5-10-23-21(26)17-6-4-7-18(22)16-17/h2-4,6-9,16H,5,10-15H2,1H3,(H,23,26). The number of piperazine rings is 1. The summed E-state index contributed by atoms with van der Waals surface area (Å²) in [7, 11) is 1.72. The normalized spacial score (nSPS) is 14.8. The molecule has 0 aliphatic carbocycles. The fraction of sp³-hybridized carbons (Fsp3) is 0.381. The number of benzene rings is 2. The average Bonchev–Trinajstić information content (AvgIpc) is 2.71. The number of anilines is 1. The number of nitrogens with one attached hydrogen (secondary N) is 1. The molecule has 1 aliphatic rings. The number of amides is 1. The molecule has 6 heteroatoms. The number of ether oxygens (including phenoxy) is 1. The summed E-state index contributed by atoms with van der Waals surface area (Å²) in [6.45, 7) is 5.72. The number of methoxy groups -OCH3 is 1. The van der Waals surface area contributed by atoms with Gasteiger partial charge in [0.25, 0.3) is 5.91 Å². The fourth-order valence-electron chi connectivity index (χ4n) is 3.34. The van der Waals surface area contributed by atoms with E-state index in [4.69, 9.17) is 4.74 Å². The van der Waals surface area contributed by atoms with Crippen molar-refractivity contribution in [3.8, 4) is 5.75 Å². The van der Waals surface area contributed by atoms with Crippen LogP contribution in [0.1, 0.15) is 16.8 Å². The van der Waals surface area contributed by atoms with Gasteiger partial charge >= 0.3 is 0 Å². The second kappa shape index (κ2) is 9.76. The van der Waals surface area contributed by atoms with Gasteiger partial charge < -0.3 is 15.0 Å². The topological polar surface area (TPSA) is 44.8 Å². The van der Waals surface area contributed by atoms with Gasteiger partial charge in [-0.3, -0.25) is 9.69 Å². The van der Waals surface area contributed by atoms with Crippen molar-refractivity contribution in [2.24, 2.45) is 0 Å². The van der Waals surface area contributed by atoms with Crippen LogP contribution in [0.4, 0.5) is 5.69 Å². The summed E-state index contributed by atoms with van der Waals surface area (Å²) in [4.78, 5) is 17.0. The van der Waals surface area contributed by atoms with Crippen LogP contribution in [0.15, 0.2) is 53.0 Å². The SMILES string of the molecule is COc1ccccc1N1CCN(CCCNC(=O)c2cccc(Br)c2)CC1. The summed E-state index contributed by atoms with van der Waals surface area (Å²) in [6, 6.07) is 15.6. The first-order valence-electron chi connectivity index (χ1n) is 9.31. The highest BCUT2D eigenvalue weighted by Crippen LogP contribution is 2.28. The fourth-order valence-corrected chi connectivity index (χ4v) is 3.74. The summed E-state index contributed by atoms with van der Waals surface area (Å²) < 4.78 is 6.39. The van der Waals surface area contributed by atoms with E-state index in [-0.39, 0.29) is 5.91 Å². The van der Waals surface area contributed by atoms with Gasteiger partial charge in [0.05, 0.1) is 12.8 Å². The number of para-hydroxylation sites is 2. The molecule has 1 aliphatic heterocycles. The third-order valence-electron chi connectivity index (χ3n) is 4.82. The van der Waals surface area contributed by atoms with Crippen molar-refractivity contribution in [2.75, 3.05) is 51.3 Å². The predicted octanol–water partition coefficient (Wildman–Crippen LogP) is 3.40. The molecule has 144 valence electrons. The summed E-state index contributed by atoms with van der Waals surface area (Å²) in [5.74, 6) is 0.915. The van der Waals surface area contributed by atoms with E-state index < -0.39 is 0 Å². The zero-order valence-electron chi connectivity index (χ0n) is 15.7. The lowest BCUT2D eigenvalue weighted by Gasteiger charge is -2.36. The highest BCUT2D eigenvalue weighted by atomic mass is 79.9. The maximum Gasteiger partial charge on any atom is 0.251 e. The number of hydrogen-bond acceptors (Lipinski definition) is 4. The van der Waals surface area contributed by atoms with Crippen molar-refractivity contribution in [1.82, 2.24) is 10.2 Å². The van der Waals surface area contributed by atoms with Crippen LogP contribution in [0.5, 0.6) is 5.75 Å². The van der Waals surface area contributed by atoms with Crippen molar-refractivity contribution in [3.05, 3.63) is 58.6 Å². The Kier molecular flexibility index (Phi) is 7.12. The summed E-state index contributed by atoms with van der Waals surface area (Å²) >= 11 is 3.40. The highest BCUT2D eigenvalue weighted by Gasteiger charge is 2.19. The first-order chi connectivity index (χ1) is 13.2. The van der Waals surface area contributed by atoms with E-state index in [0.717, 1.165) is 49.4 Å². The minimum atomic E-state index is -0.0164. The number of hydrogen-bond donors (Lipinski definition) is 1. The lowest BCUT2D eigenvalue weighted by atomic mass is 10.2. The molecule has 1 heterocycles.